The van der Waals surface area contributed by atoms with Crippen molar-refractivity contribution < 1.29 is 9.53 Å². The first-order valence-electron chi connectivity index (χ1n) is 6.34. The van der Waals surface area contributed by atoms with Crippen molar-refractivity contribution >= 4 is 11.5 Å². The first kappa shape index (κ1) is 14.6. The van der Waals surface area contributed by atoms with Crippen LogP contribution >= 0.6 is 0 Å². The van der Waals surface area contributed by atoms with Crippen molar-refractivity contribution in [3.63, 3.8) is 0 Å². The predicted molar refractivity (Wildman–Crippen MR) is 75.7 cm³/mol. The summed E-state index contributed by atoms with van der Waals surface area (Å²) >= 11 is 0. The number of Topliss-reactive ketones (excluding diaryl/α,β-unsaturated/α-hetero) is 1. The number of ketones is 1. The van der Waals surface area contributed by atoms with Crippen molar-refractivity contribution in [2.24, 2.45) is 0 Å². The van der Waals surface area contributed by atoms with Gasteiger partial charge >= 0.3 is 0 Å². The molecule has 1 aromatic rings. The van der Waals surface area contributed by atoms with Crippen molar-refractivity contribution in [1.82, 2.24) is 0 Å². The van der Waals surface area contributed by atoms with Gasteiger partial charge in [0.05, 0.1) is 7.11 Å². The van der Waals surface area contributed by atoms with E-state index in [1.165, 1.54) is 5.56 Å². The van der Waals surface area contributed by atoms with Gasteiger partial charge in [-0.1, -0.05) is 13.8 Å². The fourth-order valence-corrected chi connectivity index (χ4v) is 1.86. The molecule has 0 atom stereocenters. The third-order valence-electron chi connectivity index (χ3n) is 3.08. The number of rotatable bonds is 6. The highest BCUT2D eigenvalue weighted by atomic mass is 16.5. The van der Waals surface area contributed by atoms with Gasteiger partial charge in [-0.25, -0.2) is 0 Å². The third kappa shape index (κ3) is 3.76. The van der Waals surface area contributed by atoms with Gasteiger partial charge in [0.1, 0.15) is 11.5 Å². The molecule has 0 saturated heterocycles. The summed E-state index contributed by atoms with van der Waals surface area (Å²) < 4.78 is 5.37. The Kier molecular flexibility index (Phi) is 5.20. The number of hydrogen-bond donors (Lipinski definition) is 0. The van der Waals surface area contributed by atoms with Crippen molar-refractivity contribution in [1.29, 1.82) is 0 Å². The summed E-state index contributed by atoms with van der Waals surface area (Å²) in [6.07, 6.45) is 0.583. The van der Waals surface area contributed by atoms with Crippen LogP contribution in [0.4, 0.5) is 5.69 Å². The maximum atomic E-state index is 11.0. The van der Waals surface area contributed by atoms with Gasteiger partial charge in [0.2, 0.25) is 0 Å². The number of anilines is 1. The van der Waals surface area contributed by atoms with Gasteiger partial charge < -0.3 is 9.64 Å². The predicted octanol–water partition coefficient (Wildman–Crippen LogP) is 3.23. The molecule has 0 spiro atoms. The quantitative estimate of drug-likeness (QED) is 0.775. The number of carbonyl (C=O) groups excluding carboxylic acids is 1. The number of benzene rings is 1. The fourth-order valence-electron chi connectivity index (χ4n) is 1.86. The molecule has 0 unspecified atom stereocenters. The van der Waals surface area contributed by atoms with E-state index in [0.29, 0.717) is 12.3 Å². The Morgan fingerprint density at radius 3 is 2.56 bits per heavy atom. The Hall–Kier alpha value is -1.51. The van der Waals surface area contributed by atoms with Crippen LogP contribution in [0.1, 0.15) is 38.7 Å². The van der Waals surface area contributed by atoms with Crippen molar-refractivity contribution in [3.8, 4) is 5.75 Å². The molecule has 1 rings (SSSR count). The number of carbonyl (C=O) groups is 1. The van der Waals surface area contributed by atoms with Gasteiger partial charge in [-0.05, 0) is 36.6 Å². The highest BCUT2D eigenvalue weighted by Gasteiger charge is 2.10. The Labute approximate surface area is 110 Å². The molecule has 0 aliphatic carbocycles. The smallest absolute Gasteiger partial charge is 0.131 e. The van der Waals surface area contributed by atoms with Gasteiger partial charge in [0, 0.05) is 25.7 Å². The van der Waals surface area contributed by atoms with E-state index >= 15 is 0 Å². The summed E-state index contributed by atoms with van der Waals surface area (Å²) in [7, 11) is 3.70. The Bertz CT molecular complexity index is 413. The lowest BCUT2D eigenvalue weighted by molar-refractivity contribution is -0.116. The van der Waals surface area contributed by atoms with Crippen LogP contribution in [0.15, 0.2) is 18.2 Å². The summed E-state index contributed by atoms with van der Waals surface area (Å²) in [4.78, 5) is 13.1. The van der Waals surface area contributed by atoms with Gasteiger partial charge in [0.25, 0.3) is 0 Å². The van der Waals surface area contributed by atoms with Gasteiger partial charge in [0.15, 0.2) is 0 Å². The molecular weight excluding hydrogens is 226 g/mol. The largest absolute Gasteiger partial charge is 0.496 e. The van der Waals surface area contributed by atoms with E-state index in [-0.39, 0.29) is 5.78 Å². The number of methoxy groups -OCH3 is 1. The lowest BCUT2D eigenvalue weighted by Gasteiger charge is -2.21. The van der Waals surface area contributed by atoms with Crippen LogP contribution in [0.2, 0.25) is 0 Å². The first-order valence-corrected chi connectivity index (χ1v) is 6.34. The normalized spacial score (nSPS) is 10.6. The van der Waals surface area contributed by atoms with Crippen molar-refractivity contribution in [2.75, 3.05) is 25.6 Å². The van der Waals surface area contributed by atoms with Gasteiger partial charge in [-0.3, -0.25) is 4.79 Å². The van der Waals surface area contributed by atoms with Crippen LogP contribution in [0.25, 0.3) is 0 Å². The Morgan fingerprint density at radius 2 is 2.06 bits per heavy atom. The standard InChI is InChI=1S/C15H23NO2/c1-11(2)14-10-13(6-7-15(14)18-5)16(4)9-8-12(3)17/h6-7,10-11H,8-9H2,1-5H3. The zero-order chi connectivity index (χ0) is 13.7. The minimum absolute atomic E-state index is 0.222. The molecule has 0 amide bonds. The summed E-state index contributed by atoms with van der Waals surface area (Å²) in [6, 6.07) is 6.17. The van der Waals surface area contributed by atoms with E-state index < -0.39 is 0 Å². The molecule has 0 fully saturated rings. The lowest BCUT2D eigenvalue weighted by Crippen LogP contribution is -2.20. The fraction of sp³-hybridized carbons (Fsp3) is 0.533. The minimum Gasteiger partial charge on any atom is -0.496 e. The summed E-state index contributed by atoms with van der Waals surface area (Å²) in [5.74, 6) is 1.56. The number of hydrogen-bond acceptors (Lipinski definition) is 3. The van der Waals surface area contributed by atoms with E-state index in [0.717, 1.165) is 18.0 Å². The maximum absolute atomic E-state index is 11.0. The second-order valence-electron chi connectivity index (χ2n) is 4.95. The van der Waals surface area contributed by atoms with Crippen LogP contribution in [0, 0.1) is 0 Å². The second-order valence-corrected chi connectivity index (χ2v) is 4.95. The minimum atomic E-state index is 0.222. The highest BCUT2D eigenvalue weighted by molar-refractivity contribution is 5.76. The molecule has 1 aromatic carbocycles. The van der Waals surface area contributed by atoms with E-state index in [2.05, 4.69) is 24.8 Å². The van der Waals surface area contributed by atoms with E-state index in [4.69, 9.17) is 4.74 Å². The van der Waals surface area contributed by atoms with Crippen LogP contribution in [0.5, 0.6) is 5.75 Å². The monoisotopic (exact) mass is 249 g/mol. The zero-order valence-electron chi connectivity index (χ0n) is 12.0. The Morgan fingerprint density at radius 1 is 1.39 bits per heavy atom. The van der Waals surface area contributed by atoms with Crippen LogP contribution in [0.3, 0.4) is 0 Å². The molecule has 0 aliphatic rings. The van der Waals surface area contributed by atoms with Gasteiger partial charge in [-0.15, -0.1) is 0 Å². The molecule has 0 N–H and O–H groups in total. The summed E-state index contributed by atoms with van der Waals surface area (Å²) in [6.45, 7) is 6.68. The molecule has 0 saturated carbocycles. The third-order valence-corrected chi connectivity index (χ3v) is 3.08. The SMILES string of the molecule is COc1ccc(N(C)CCC(C)=O)cc1C(C)C. The zero-order valence-corrected chi connectivity index (χ0v) is 12.0. The number of ether oxygens (including phenoxy) is 1. The molecule has 18 heavy (non-hydrogen) atoms. The van der Waals surface area contributed by atoms with Gasteiger partial charge in [-0.2, -0.15) is 0 Å². The molecule has 3 heteroatoms. The average Bonchev–Trinajstić information content (AvgIpc) is 2.34. The van der Waals surface area contributed by atoms with Crippen LogP contribution < -0.4 is 9.64 Å². The molecular formula is C15H23NO2. The molecule has 3 nitrogen and oxygen atoms in total. The lowest BCUT2D eigenvalue weighted by atomic mass is 10.0. The van der Waals surface area contributed by atoms with Crippen molar-refractivity contribution in [3.05, 3.63) is 23.8 Å². The van der Waals surface area contributed by atoms with Crippen LogP contribution in [-0.4, -0.2) is 26.5 Å². The van der Waals surface area contributed by atoms with E-state index in [1.54, 1.807) is 14.0 Å². The maximum Gasteiger partial charge on any atom is 0.131 e. The van der Waals surface area contributed by atoms with Crippen molar-refractivity contribution in [2.45, 2.75) is 33.1 Å². The average molecular weight is 249 g/mol. The number of nitrogens with zero attached hydrogens (tertiary/aromatic N) is 1. The molecule has 0 aromatic heterocycles. The van der Waals surface area contributed by atoms with E-state index in [9.17, 15) is 4.79 Å². The highest BCUT2D eigenvalue weighted by Crippen LogP contribution is 2.30. The topological polar surface area (TPSA) is 29.5 Å². The molecule has 0 heterocycles. The van der Waals surface area contributed by atoms with E-state index in [1.807, 2.05) is 19.2 Å². The Balaban J connectivity index is 2.90. The first-order chi connectivity index (χ1) is 8.45. The summed E-state index contributed by atoms with van der Waals surface area (Å²) in [5, 5.41) is 0. The molecule has 0 radical (unpaired) electrons. The summed E-state index contributed by atoms with van der Waals surface area (Å²) in [5.41, 5.74) is 2.32. The molecule has 0 bridgehead atoms. The second kappa shape index (κ2) is 6.43. The molecule has 0 aliphatic heterocycles. The molecule has 100 valence electrons. The van der Waals surface area contributed by atoms with Crippen LogP contribution in [-0.2, 0) is 4.79 Å².